The lowest BCUT2D eigenvalue weighted by Crippen LogP contribution is -2.25. The summed E-state index contributed by atoms with van der Waals surface area (Å²) in [6.07, 6.45) is 3.67. The maximum absolute atomic E-state index is 7.21. The molecule has 0 fully saturated rings. The van der Waals surface area contributed by atoms with Gasteiger partial charge in [-0.25, -0.2) is 19.2 Å². The molecule has 0 N–H and O–H groups in total. The van der Waals surface area contributed by atoms with Gasteiger partial charge in [-0.1, -0.05) is 36.4 Å². The summed E-state index contributed by atoms with van der Waals surface area (Å²) in [4.78, 5) is 17.9. The molecule has 0 aliphatic carbocycles. The molecular weight excluding hydrogens is 484 g/mol. The lowest BCUT2D eigenvalue weighted by molar-refractivity contribution is -0.645. The van der Waals surface area contributed by atoms with Crippen LogP contribution in [0.3, 0.4) is 0 Å². The maximum Gasteiger partial charge on any atom is 0.249 e. The van der Waals surface area contributed by atoms with Crippen LogP contribution in [0.1, 0.15) is 0 Å². The van der Waals surface area contributed by atoms with Crippen molar-refractivity contribution in [2.45, 2.75) is 0 Å². The van der Waals surface area contributed by atoms with Crippen LogP contribution in [0.2, 0.25) is 0 Å². The third-order valence-corrected chi connectivity index (χ3v) is 6.19. The van der Waals surface area contributed by atoms with Gasteiger partial charge in [-0.15, -0.1) is 0 Å². The van der Waals surface area contributed by atoms with Crippen molar-refractivity contribution in [1.82, 2.24) is 14.1 Å². The summed E-state index contributed by atoms with van der Waals surface area (Å²) < 4.78 is 5.90. The fourth-order valence-electron chi connectivity index (χ4n) is 4.31. The normalized spacial score (nSPS) is 10.1. The lowest BCUT2D eigenvalue weighted by atomic mass is 10.2. The summed E-state index contributed by atoms with van der Waals surface area (Å²) >= 11 is 0. The van der Waals surface area contributed by atoms with Gasteiger partial charge in [-0.05, 0) is 48.5 Å². The number of nitrogens with zero attached hydrogens (tertiary/aromatic N) is 8. The third kappa shape index (κ3) is 4.54. The van der Waals surface area contributed by atoms with Gasteiger partial charge in [-0.3, -0.25) is 9.69 Å². The van der Waals surface area contributed by atoms with Gasteiger partial charge in [0.1, 0.15) is 12.0 Å². The molecule has 39 heavy (non-hydrogen) atoms. The van der Waals surface area contributed by atoms with Crippen LogP contribution in [0.5, 0.6) is 0 Å². The smallest absolute Gasteiger partial charge is 0.249 e. The molecule has 0 radical (unpaired) electrons. The summed E-state index contributed by atoms with van der Waals surface area (Å²) in [5.74, 6) is 0. The quantitative estimate of drug-likeness (QED) is 0.177. The molecule has 0 saturated carbocycles. The molecule has 6 aromatic rings. The van der Waals surface area contributed by atoms with E-state index in [4.69, 9.17) is 26.3 Å². The Morgan fingerprint density at radius 3 is 1.67 bits per heavy atom. The van der Waals surface area contributed by atoms with Crippen molar-refractivity contribution in [2.75, 3.05) is 0 Å². The zero-order valence-corrected chi connectivity index (χ0v) is 20.8. The van der Waals surface area contributed by atoms with E-state index in [0.717, 1.165) is 33.4 Å². The zero-order chi connectivity index (χ0) is 27.4. The molecule has 0 amide bonds. The first-order valence-corrected chi connectivity index (χ1v) is 11.7. The number of hydrogen-bond acceptors (Lipinski definition) is 1. The van der Waals surface area contributed by atoms with Crippen molar-refractivity contribution in [3.05, 3.63) is 143 Å². The van der Waals surface area contributed by atoms with Gasteiger partial charge in [0.2, 0.25) is 6.33 Å². The van der Waals surface area contributed by atoms with Crippen molar-refractivity contribution in [1.29, 1.82) is 0 Å². The topological polar surface area (TPSA) is 44.1 Å². The van der Waals surface area contributed by atoms with Crippen LogP contribution in [-0.2, 0) is 7.05 Å². The second-order valence-electron chi connectivity index (χ2n) is 8.49. The van der Waals surface area contributed by atoms with E-state index in [2.05, 4.69) is 24.4 Å². The van der Waals surface area contributed by atoms with Crippen molar-refractivity contribution in [3.63, 3.8) is 0 Å². The standard InChI is InChI=1S/C16H11N4.C15H8N4/c1-17-13-9-15-16(10-14(13)18-2)20(11-19(15)3)12-7-5-4-6-8-12;1-16-12-8-14-15(9-13(12)17-2)19(10-18-14)11-6-4-3-5-7-11/h4-11H,3H3;3-10H/q+1;. The highest BCUT2D eigenvalue weighted by Crippen LogP contribution is 2.34. The van der Waals surface area contributed by atoms with Crippen LogP contribution in [-0.4, -0.2) is 14.1 Å². The van der Waals surface area contributed by atoms with E-state index in [1.54, 1.807) is 30.6 Å². The van der Waals surface area contributed by atoms with Crippen LogP contribution in [0.25, 0.3) is 52.8 Å². The summed E-state index contributed by atoms with van der Waals surface area (Å²) in [5.41, 5.74) is 6.94. The average Bonchev–Trinajstić information content (AvgIpc) is 3.56. The SMILES string of the molecule is [C-]#[N+]c1cc2c(cc1[N+]#[C-])[n+](C)cn2-c1ccccc1.[C-]#[N+]c1cc2ncn(-c3ccccc3)c2cc1[N+]#[C-]. The Morgan fingerprint density at radius 2 is 1.10 bits per heavy atom. The molecule has 0 unspecified atom stereocenters. The lowest BCUT2D eigenvalue weighted by Gasteiger charge is -2.04. The Labute approximate surface area is 225 Å². The van der Waals surface area contributed by atoms with E-state index in [1.165, 1.54) is 0 Å². The fraction of sp³-hybridized carbons (Fsp3) is 0.0323. The van der Waals surface area contributed by atoms with Gasteiger partial charge >= 0.3 is 0 Å². The molecule has 0 bridgehead atoms. The minimum Gasteiger partial charge on any atom is -0.300 e. The van der Waals surface area contributed by atoms with Crippen LogP contribution >= 0.6 is 0 Å². The molecule has 8 heteroatoms. The monoisotopic (exact) mass is 503 g/mol. The average molecular weight is 504 g/mol. The molecule has 0 aliphatic heterocycles. The minimum absolute atomic E-state index is 0.348. The number of imidazole rings is 2. The number of benzene rings is 4. The van der Waals surface area contributed by atoms with Crippen molar-refractivity contribution in [3.8, 4) is 11.4 Å². The molecule has 6 rings (SSSR count). The molecule has 0 atom stereocenters. The van der Waals surface area contributed by atoms with Gasteiger partial charge in [0.15, 0.2) is 33.8 Å². The number of para-hydroxylation sites is 2. The molecule has 2 aromatic heterocycles. The number of aromatic nitrogens is 4. The highest BCUT2D eigenvalue weighted by atomic mass is 15.1. The number of aryl methyl sites for hydroxylation is 1. The fourth-order valence-corrected chi connectivity index (χ4v) is 4.31. The molecular formula is C31H19N8+. The Balaban J connectivity index is 0.000000158. The van der Waals surface area contributed by atoms with Crippen molar-refractivity contribution < 1.29 is 4.57 Å². The number of hydrogen-bond donors (Lipinski definition) is 0. The maximum atomic E-state index is 7.21. The molecule has 0 saturated heterocycles. The zero-order valence-electron chi connectivity index (χ0n) is 20.8. The molecule has 4 aromatic carbocycles. The highest BCUT2D eigenvalue weighted by Gasteiger charge is 2.18. The van der Waals surface area contributed by atoms with Crippen molar-refractivity contribution in [2.24, 2.45) is 7.05 Å². The number of fused-ring (bicyclic) bond motifs is 2. The van der Waals surface area contributed by atoms with E-state index >= 15 is 0 Å². The predicted octanol–water partition coefficient (Wildman–Crippen LogP) is 7.68. The molecule has 2 heterocycles. The molecule has 8 nitrogen and oxygen atoms in total. The summed E-state index contributed by atoms with van der Waals surface area (Å²) in [5, 5.41) is 0. The number of rotatable bonds is 2. The van der Waals surface area contributed by atoms with E-state index in [1.807, 2.05) is 87.7 Å². The first-order chi connectivity index (χ1) is 19.1. The molecule has 182 valence electrons. The van der Waals surface area contributed by atoms with Gasteiger partial charge in [0.05, 0.1) is 44.4 Å². The van der Waals surface area contributed by atoms with E-state index in [9.17, 15) is 0 Å². The first-order valence-electron chi connectivity index (χ1n) is 11.7. The van der Waals surface area contributed by atoms with Crippen LogP contribution in [0.4, 0.5) is 22.7 Å². The van der Waals surface area contributed by atoms with E-state index in [0.29, 0.717) is 22.7 Å². The van der Waals surface area contributed by atoms with Crippen LogP contribution < -0.4 is 4.57 Å². The summed E-state index contributed by atoms with van der Waals surface area (Å²) in [6, 6.07) is 26.7. The summed E-state index contributed by atoms with van der Waals surface area (Å²) in [6.45, 7) is 28.6. The Bertz CT molecular complexity index is 2010. The van der Waals surface area contributed by atoms with Crippen molar-refractivity contribution >= 4 is 44.8 Å². The third-order valence-electron chi connectivity index (χ3n) is 6.19. The Hall–Kier alpha value is -6.22. The van der Waals surface area contributed by atoms with Crippen LogP contribution in [0, 0.1) is 26.3 Å². The second kappa shape index (κ2) is 10.4. The van der Waals surface area contributed by atoms with Gasteiger partial charge in [0, 0.05) is 5.69 Å². The summed E-state index contributed by atoms with van der Waals surface area (Å²) in [7, 11) is 1.94. The van der Waals surface area contributed by atoms with E-state index < -0.39 is 0 Å². The van der Waals surface area contributed by atoms with Gasteiger partial charge in [-0.2, -0.15) is 4.57 Å². The van der Waals surface area contributed by atoms with Gasteiger partial charge < -0.3 is 4.57 Å². The largest absolute Gasteiger partial charge is 0.300 e. The first kappa shape index (κ1) is 24.5. The minimum atomic E-state index is 0.348. The predicted molar refractivity (Wildman–Crippen MR) is 151 cm³/mol. The van der Waals surface area contributed by atoms with E-state index in [-0.39, 0.29) is 0 Å². The molecule has 0 spiro atoms. The Kier molecular flexibility index (Phi) is 6.53. The van der Waals surface area contributed by atoms with Crippen LogP contribution in [0.15, 0.2) is 97.6 Å². The van der Waals surface area contributed by atoms with Gasteiger partial charge in [0.25, 0.3) is 0 Å². The highest BCUT2D eigenvalue weighted by molar-refractivity contribution is 5.90. The second-order valence-corrected chi connectivity index (χ2v) is 8.49. The Morgan fingerprint density at radius 1 is 0.615 bits per heavy atom. The molecule has 0 aliphatic rings.